The van der Waals surface area contributed by atoms with Crippen LogP contribution in [0.4, 0.5) is 5.69 Å². The lowest BCUT2D eigenvalue weighted by Crippen LogP contribution is -2.21. The van der Waals surface area contributed by atoms with E-state index in [1.165, 1.54) is 6.07 Å². The van der Waals surface area contributed by atoms with Crippen LogP contribution >= 0.6 is 11.6 Å². The standard InChI is InChI=1S/C20H19ClN2O2/c1-12-8-13(2)20(14(3)9-12)22-19(25)11-23-7-6-18(24)16-10-15(21)4-5-17(16)23/h4-10H,11H2,1-3H3,(H,22,25). The van der Waals surface area contributed by atoms with Crippen molar-refractivity contribution >= 4 is 34.1 Å². The molecule has 4 nitrogen and oxygen atoms in total. The van der Waals surface area contributed by atoms with Gasteiger partial charge in [0.2, 0.25) is 5.91 Å². The van der Waals surface area contributed by atoms with Crippen LogP contribution in [0.5, 0.6) is 0 Å². The third kappa shape index (κ3) is 3.59. The van der Waals surface area contributed by atoms with Crippen LogP contribution in [0.2, 0.25) is 5.02 Å². The Morgan fingerprint density at radius 2 is 1.76 bits per heavy atom. The lowest BCUT2D eigenvalue weighted by Gasteiger charge is -2.15. The van der Waals surface area contributed by atoms with Crippen molar-refractivity contribution in [2.75, 3.05) is 5.32 Å². The van der Waals surface area contributed by atoms with Crippen LogP contribution in [0, 0.1) is 20.8 Å². The Hall–Kier alpha value is -2.59. The smallest absolute Gasteiger partial charge is 0.244 e. The second-order valence-electron chi connectivity index (χ2n) is 6.29. The first-order valence-corrected chi connectivity index (χ1v) is 8.39. The van der Waals surface area contributed by atoms with Gasteiger partial charge in [0, 0.05) is 28.4 Å². The van der Waals surface area contributed by atoms with Gasteiger partial charge in [0.05, 0.1) is 5.52 Å². The van der Waals surface area contributed by atoms with E-state index < -0.39 is 0 Å². The summed E-state index contributed by atoms with van der Waals surface area (Å²) in [6.45, 7) is 6.10. The number of nitrogens with one attached hydrogen (secondary N) is 1. The Morgan fingerprint density at radius 3 is 2.44 bits per heavy atom. The number of hydrogen-bond acceptors (Lipinski definition) is 2. The molecule has 25 heavy (non-hydrogen) atoms. The van der Waals surface area contributed by atoms with Crippen LogP contribution in [-0.2, 0) is 11.3 Å². The van der Waals surface area contributed by atoms with Gasteiger partial charge in [-0.3, -0.25) is 9.59 Å². The van der Waals surface area contributed by atoms with E-state index in [1.54, 1.807) is 29.0 Å². The molecule has 0 aliphatic heterocycles. The first kappa shape index (κ1) is 17.2. The van der Waals surface area contributed by atoms with Crippen LogP contribution in [0.1, 0.15) is 16.7 Å². The Balaban J connectivity index is 1.91. The molecule has 0 saturated heterocycles. The number of hydrogen-bond donors (Lipinski definition) is 1. The van der Waals surface area contributed by atoms with Gasteiger partial charge < -0.3 is 9.88 Å². The first-order chi connectivity index (χ1) is 11.8. The second-order valence-corrected chi connectivity index (χ2v) is 6.73. The Labute approximate surface area is 151 Å². The highest BCUT2D eigenvalue weighted by Crippen LogP contribution is 2.22. The summed E-state index contributed by atoms with van der Waals surface area (Å²) in [6.07, 6.45) is 1.63. The molecule has 0 aliphatic rings. The van der Waals surface area contributed by atoms with Crippen molar-refractivity contribution in [1.29, 1.82) is 0 Å². The van der Waals surface area contributed by atoms with Crippen LogP contribution in [0.3, 0.4) is 0 Å². The van der Waals surface area contributed by atoms with Gasteiger partial charge in [0.1, 0.15) is 6.54 Å². The van der Waals surface area contributed by atoms with Crippen molar-refractivity contribution in [2.24, 2.45) is 0 Å². The molecule has 0 spiro atoms. The maximum absolute atomic E-state index is 12.5. The number of aromatic nitrogens is 1. The number of carbonyl (C=O) groups is 1. The van der Waals surface area contributed by atoms with Crippen LogP contribution in [0.15, 0.2) is 47.4 Å². The minimum Gasteiger partial charge on any atom is -0.338 e. The molecular weight excluding hydrogens is 336 g/mol. The van der Waals surface area contributed by atoms with Crippen molar-refractivity contribution in [3.63, 3.8) is 0 Å². The van der Waals surface area contributed by atoms with Gasteiger partial charge in [-0.15, -0.1) is 0 Å². The zero-order valence-electron chi connectivity index (χ0n) is 14.4. The zero-order valence-corrected chi connectivity index (χ0v) is 15.1. The SMILES string of the molecule is Cc1cc(C)c(NC(=O)Cn2ccc(=O)c3cc(Cl)ccc32)c(C)c1. The summed E-state index contributed by atoms with van der Waals surface area (Å²) in [7, 11) is 0. The minimum absolute atomic E-state index is 0.112. The number of aryl methyl sites for hydroxylation is 3. The number of nitrogens with zero attached hydrogens (tertiary/aromatic N) is 1. The fourth-order valence-electron chi connectivity index (χ4n) is 3.13. The van der Waals surface area contributed by atoms with Gasteiger partial charge in [-0.2, -0.15) is 0 Å². The summed E-state index contributed by atoms with van der Waals surface area (Å²) in [5.41, 5.74) is 4.63. The van der Waals surface area contributed by atoms with E-state index in [0.29, 0.717) is 15.9 Å². The molecule has 1 N–H and O–H groups in total. The molecule has 3 aromatic rings. The molecule has 0 fully saturated rings. The molecule has 0 atom stereocenters. The number of carbonyl (C=O) groups excluding carboxylic acids is 1. The summed E-state index contributed by atoms with van der Waals surface area (Å²) < 4.78 is 1.75. The largest absolute Gasteiger partial charge is 0.338 e. The van der Waals surface area contributed by atoms with Crippen LogP contribution in [-0.4, -0.2) is 10.5 Å². The Kier molecular flexibility index (Phi) is 4.64. The molecule has 0 bridgehead atoms. The fraction of sp³-hybridized carbons (Fsp3) is 0.200. The molecule has 1 aromatic heterocycles. The number of rotatable bonds is 3. The average molecular weight is 355 g/mol. The highest BCUT2D eigenvalue weighted by molar-refractivity contribution is 6.31. The van der Waals surface area contributed by atoms with E-state index in [-0.39, 0.29) is 17.9 Å². The molecule has 0 unspecified atom stereocenters. The van der Waals surface area contributed by atoms with Gasteiger partial charge in [0.25, 0.3) is 0 Å². The van der Waals surface area contributed by atoms with E-state index in [2.05, 4.69) is 5.32 Å². The lowest BCUT2D eigenvalue weighted by atomic mass is 10.1. The van der Waals surface area contributed by atoms with Crippen molar-refractivity contribution in [1.82, 2.24) is 4.57 Å². The quantitative estimate of drug-likeness (QED) is 0.765. The van der Waals surface area contributed by atoms with Gasteiger partial charge in [-0.25, -0.2) is 0 Å². The number of pyridine rings is 1. The molecule has 2 aromatic carbocycles. The summed E-state index contributed by atoms with van der Waals surface area (Å²) >= 11 is 5.98. The third-order valence-corrected chi connectivity index (χ3v) is 4.43. The van der Waals surface area contributed by atoms with E-state index in [1.807, 2.05) is 32.9 Å². The topological polar surface area (TPSA) is 51.1 Å². The highest BCUT2D eigenvalue weighted by atomic mass is 35.5. The van der Waals surface area contributed by atoms with Gasteiger partial charge in [-0.05, 0) is 50.1 Å². The van der Waals surface area contributed by atoms with Crippen LogP contribution < -0.4 is 10.7 Å². The third-order valence-electron chi connectivity index (χ3n) is 4.19. The Bertz CT molecular complexity index is 1010. The van der Waals surface area contributed by atoms with Crippen molar-refractivity contribution in [2.45, 2.75) is 27.3 Å². The van der Waals surface area contributed by atoms with E-state index >= 15 is 0 Å². The average Bonchev–Trinajstić information content (AvgIpc) is 2.54. The molecule has 1 amide bonds. The second kappa shape index (κ2) is 6.73. The van der Waals surface area contributed by atoms with Crippen molar-refractivity contribution < 1.29 is 4.79 Å². The van der Waals surface area contributed by atoms with E-state index in [4.69, 9.17) is 11.6 Å². The van der Waals surface area contributed by atoms with Gasteiger partial charge in [0.15, 0.2) is 5.43 Å². The van der Waals surface area contributed by atoms with Gasteiger partial charge >= 0.3 is 0 Å². The summed E-state index contributed by atoms with van der Waals surface area (Å²) in [4.78, 5) is 24.5. The molecule has 3 rings (SSSR count). The summed E-state index contributed by atoms with van der Waals surface area (Å²) in [5, 5.41) is 3.98. The van der Waals surface area contributed by atoms with E-state index in [0.717, 1.165) is 22.4 Å². The molecule has 5 heteroatoms. The van der Waals surface area contributed by atoms with Crippen molar-refractivity contribution in [3.05, 3.63) is 74.5 Å². The number of fused-ring (bicyclic) bond motifs is 1. The Morgan fingerprint density at radius 1 is 1.08 bits per heavy atom. The summed E-state index contributed by atoms with van der Waals surface area (Å²) in [5.74, 6) is -0.144. The monoisotopic (exact) mass is 354 g/mol. The van der Waals surface area contributed by atoms with E-state index in [9.17, 15) is 9.59 Å². The fourth-order valence-corrected chi connectivity index (χ4v) is 3.30. The number of halogens is 1. The predicted octanol–water partition coefficient (Wildman–Crippen LogP) is 4.22. The van der Waals surface area contributed by atoms with Gasteiger partial charge in [-0.1, -0.05) is 29.3 Å². The molecule has 0 aliphatic carbocycles. The summed E-state index contributed by atoms with van der Waals surface area (Å²) in [6, 6.07) is 10.6. The number of anilines is 1. The van der Waals surface area contributed by atoms with Crippen LogP contribution in [0.25, 0.3) is 10.9 Å². The first-order valence-electron chi connectivity index (χ1n) is 8.01. The molecular formula is C20H19ClN2O2. The zero-order chi connectivity index (χ0) is 18.1. The number of amides is 1. The lowest BCUT2D eigenvalue weighted by molar-refractivity contribution is -0.116. The maximum atomic E-state index is 12.5. The maximum Gasteiger partial charge on any atom is 0.244 e. The van der Waals surface area contributed by atoms with Crippen molar-refractivity contribution in [3.8, 4) is 0 Å². The highest BCUT2D eigenvalue weighted by Gasteiger charge is 2.11. The molecule has 0 saturated carbocycles. The normalized spacial score (nSPS) is 10.9. The molecule has 0 radical (unpaired) electrons. The predicted molar refractivity (Wildman–Crippen MR) is 103 cm³/mol. The number of benzene rings is 2. The molecule has 1 heterocycles. The minimum atomic E-state index is -0.144. The molecule has 128 valence electrons.